The second-order valence-electron chi connectivity index (χ2n) is 5.18. The second-order valence-corrected chi connectivity index (χ2v) is 7.14. The highest BCUT2D eigenvalue weighted by Gasteiger charge is 2.18. The number of carboxylic acids is 1. The molecule has 0 aromatic carbocycles. The number of hydrogen-bond acceptors (Lipinski definition) is 5. The van der Waals surface area contributed by atoms with Crippen molar-refractivity contribution in [3.8, 4) is 0 Å². The Morgan fingerprint density at radius 2 is 2.28 bits per heavy atom. The van der Waals surface area contributed by atoms with Crippen LogP contribution in [-0.4, -0.2) is 27.9 Å². The van der Waals surface area contributed by atoms with Crippen molar-refractivity contribution >= 4 is 29.1 Å². The van der Waals surface area contributed by atoms with Crippen LogP contribution in [-0.2, 0) is 16.0 Å². The number of thioether (sulfide) groups is 1. The quantitative estimate of drug-likeness (QED) is 0.786. The first-order chi connectivity index (χ1) is 8.30. The maximum Gasteiger partial charge on any atom is 0.320 e. The van der Waals surface area contributed by atoms with Crippen LogP contribution < -0.4 is 5.73 Å². The molecule has 0 radical (unpaired) electrons. The molecular formula is C12H20N2O2S2. The van der Waals surface area contributed by atoms with E-state index in [0.29, 0.717) is 6.42 Å². The Labute approximate surface area is 116 Å². The van der Waals surface area contributed by atoms with E-state index in [0.717, 1.165) is 22.2 Å². The summed E-state index contributed by atoms with van der Waals surface area (Å²) in [5, 5.41) is 11.9. The molecule has 1 atom stereocenters. The average Bonchev–Trinajstić information content (AvgIpc) is 2.72. The van der Waals surface area contributed by atoms with Crippen LogP contribution in [0.25, 0.3) is 0 Å². The van der Waals surface area contributed by atoms with Crippen molar-refractivity contribution in [1.82, 2.24) is 4.98 Å². The van der Waals surface area contributed by atoms with Crippen LogP contribution in [0, 0.1) is 0 Å². The van der Waals surface area contributed by atoms with Crippen molar-refractivity contribution in [3.05, 3.63) is 16.1 Å². The van der Waals surface area contributed by atoms with Crippen molar-refractivity contribution in [2.45, 2.75) is 44.4 Å². The molecule has 4 nitrogen and oxygen atoms in total. The Balaban J connectivity index is 2.32. The highest BCUT2D eigenvalue weighted by atomic mass is 32.2. The maximum absolute atomic E-state index is 10.5. The van der Waals surface area contributed by atoms with Crippen LogP contribution in [0.15, 0.2) is 5.38 Å². The summed E-state index contributed by atoms with van der Waals surface area (Å²) in [5.74, 6) is 0.633. The molecule has 0 aliphatic heterocycles. The summed E-state index contributed by atoms with van der Waals surface area (Å²) in [4.78, 5) is 15.1. The Morgan fingerprint density at radius 1 is 1.61 bits per heavy atom. The summed E-state index contributed by atoms with van der Waals surface area (Å²) in [7, 11) is 0. The SMILES string of the molecule is CC(C)(C)c1nc(CSCCC(N)C(=O)O)cs1. The summed E-state index contributed by atoms with van der Waals surface area (Å²) >= 11 is 3.36. The molecular weight excluding hydrogens is 268 g/mol. The Morgan fingerprint density at radius 3 is 2.78 bits per heavy atom. The van der Waals surface area contributed by atoms with Crippen LogP contribution in [0.3, 0.4) is 0 Å². The van der Waals surface area contributed by atoms with Crippen molar-refractivity contribution in [2.24, 2.45) is 5.73 Å². The van der Waals surface area contributed by atoms with Crippen LogP contribution >= 0.6 is 23.1 Å². The fourth-order valence-electron chi connectivity index (χ4n) is 1.23. The van der Waals surface area contributed by atoms with Crippen molar-refractivity contribution in [2.75, 3.05) is 5.75 Å². The van der Waals surface area contributed by atoms with Gasteiger partial charge in [-0.1, -0.05) is 20.8 Å². The lowest BCUT2D eigenvalue weighted by atomic mass is 9.98. The van der Waals surface area contributed by atoms with Gasteiger partial charge in [-0.05, 0) is 12.2 Å². The number of nitrogens with zero attached hydrogens (tertiary/aromatic N) is 1. The Hall–Kier alpha value is -0.590. The molecule has 1 unspecified atom stereocenters. The topological polar surface area (TPSA) is 76.2 Å². The molecule has 1 rings (SSSR count). The van der Waals surface area contributed by atoms with E-state index >= 15 is 0 Å². The number of carboxylic acid groups (broad SMARTS) is 1. The zero-order valence-electron chi connectivity index (χ0n) is 11.0. The first-order valence-electron chi connectivity index (χ1n) is 5.81. The third-order valence-electron chi connectivity index (χ3n) is 2.33. The number of aromatic nitrogens is 1. The van der Waals surface area contributed by atoms with E-state index in [2.05, 4.69) is 31.1 Å². The van der Waals surface area contributed by atoms with E-state index in [-0.39, 0.29) is 5.41 Å². The van der Waals surface area contributed by atoms with Gasteiger partial charge in [-0.3, -0.25) is 4.79 Å². The zero-order chi connectivity index (χ0) is 13.8. The van der Waals surface area contributed by atoms with Crippen LogP contribution in [0.4, 0.5) is 0 Å². The van der Waals surface area contributed by atoms with Crippen LogP contribution in [0.1, 0.15) is 37.9 Å². The summed E-state index contributed by atoms with van der Waals surface area (Å²) in [6.45, 7) is 6.44. The third kappa shape index (κ3) is 4.96. The van der Waals surface area contributed by atoms with Gasteiger partial charge in [0.2, 0.25) is 0 Å². The van der Waals surface area contributed by atoms with Gasteiger partial charge in [-0.2, -0.15) is 11.8 Å². The van der Waals surface area contributed by atoms with Gasteiger partial charge in [0, 0.05) is 16.5 Å². The highest BCUT2D eigenvalue weighted by Crippen LogP contribution is 2.27. The molecule has 1 heterocycles. The fourth-order valence-corrected chi connectivity index (χ4v) is 3.16. The van der Waals surface area contributed by atoms with Gasteiger partial charge < -0.3 is 10.8 Å². The first-order valence-corrected chi connectivity index (χ1v) is 7.85. The van der Waals surface area contributed by atoms with Gasteiger partial charge in [0.05, 0.1) is 10.7 Å². The van der Waals surface area contributed by atoms with E-state index in [1.165, 1.54) is 0 Å². The molecule has 0 saturated carbocycles. The van der Waals surface area contributed by atoms with E-state index in [9.17, 15) is 4.79 Å². The predicted molar refractivity (Wildman–Crippen MR) is 77.2 cm³/mol. The van der Waals surface area contributed by atoms with E-state index in [4.69, 9.17) is 10.8 Å². The molecule has 1 aromatic rings. The van der Waals surface area contributed by atoms with E-state index < -0.39 is 12.0 Å². The van der Waals surface area contributed by atoms with Gasteiger partial charge in [0.1, 0.15) is 6.04 Å². The van der Waals surface area contributed by atoms with Crippen LogP contribution in [0.2, 0.25) is 0 Å². The molecule has 0 aliphatic rings. The molecule has 102 valence electrons. The molecule has 3 N–H and O–H groups in total. The van der Waals surface area contributed by atoms with Crippen molar-refractivity contribution in [3.63, 3.8) is 0 Å². The van der Waals surface area contributed by atoms with Gasteiger partial charge in [0.15, 0.2) is 0 Å². The normalized spacial score (nSPS) is 13.6. The lowest BCUT2D eigenvalue weighted by Crippen LogP contribution is -2.30. The minimum atomic E-state index is -0.931. The molecule has 0 spiro atoms. The van der Waals surface area contributed by atoms with Gasteiger partial charge in [-0.15, -0.1) is 11.3 Å². The standard InChI is InChI=1S/C12H20N2O2S2/c1-12(2,3)11-14-8(7-18-11)6-17-5-4-9(13)10(15)16/h7,9H,4-6,13H2,1-3H3,(H,15,16). The Bertz CT molecular complexity index is 399. The summed E-state index contributed by atoms with van der Waals surface area (Å²) in [5.41, 5.74) is 6.60. The molecule has 0 amide bonds. The number of rotatable bonds is 6. The smallest absolute Gasteiger partial charge is 0.320 e. The number of aliphatic carboxylic acids is 1. The minimum Gasteiger partial charge on any atom is -0.480 e. The number of carbonyl (C=O) groups is 1. The molecule has 1 aromatic heterocycles. The number of thiazole rings is 1. The fraction of sp³-hybridized carbons (Fsp3) is 0.667. The van der Waals surface area contributed by atoms with Gasteiger partial charge >= 0.3 is 5.97 Å². The average molecular weight is 288 g/mol. The maximum atomic E-state index is 10.5. The number of nitrogens with two attached hydrogens (primary N) is 1. The third-order valence-corrected chi connectivity index (χ3v) is 4.67. The van der Waals surface area contributed by atoms with Crippen LogP contribution in [0.5, 0.6) is 0 Å². The van der Waals surface area contributed by atoms with Crippen molar-refractivity contribution < 1.29 is 9.90 Å². The largest absolute Gasteiger partial charge is 0.480 e. The molecule has 0 saturated heterocycles. The molecule has 0 fully saturated rings. The molecule has 18 heavy (non-hydrogen) atoms. The minimum absolute atomic E-state index is 0.0965. The lowest BCUT2D eigenvalue weighted by molar-refractivity contribution is -0.138. The first kappa shape index (κ1) is 15.5. The summed E-state index contributed by atoms with van der Waals surface area (Å²) < 4.78 is 0. The summed E-state index contributed by atoms with van der Waals surface area (Å²) in [6.07, 6.45) is 0.496. The molecule has 0 bridgehead atoms. The zero-order valence-corrected chi connectivity index (χ0v) is 12.6. The monoisotopic (exact) mass is 288 g/mol. The van der Waals surface area contributed by atoms with Gasteiger partial charge in [0.25, 0.3) is 0 Å². The predicted octanol–water partition coefficient (Wildman–Crippen LogP) is 2.48. The van der Waals surface area contributed by atoms with Crippen molar-refractivity contribution in [1.29, 1.82) is 0 Å². The number of hydrogen-bond donors (Lipinski definition) is 2. The molecule has 6 heteroatoms. The Kier molecular flexibility index (Phi) is 5.62. The van der Waals surface area contributed by atoms with E-state index in [1.807, 2.05) is 0 Å². The van der Waals surface area contributed by atoms with E-state index in [1.54, 1.807) is 23.1 Å². The second kappa shape index (κ2) is 6.54. The summed E-state index contributed by atoms with van der Waals surface area (Å²) in [6, 6.07) is -0.752. The highest BCUT2D eigenvalue weighted by molar-refractivity contribution is 7.98. The van der Waals surface area contributed by atoms with Gasteiger partial charge in [-0.25, -0.2) is 4.98 Å². The lowest BCUT2D eigenvalue weighted by Gasteiger charge is -2.13. The molecule has 0 aliphatic carbocycles.